The minimum atomic E-state index is -0.684. The van der Waals surface area contributed by atoms with Crippen molar-refractivity contribution < 1.29 is 24.2 Å². The first-order valence-electron chi connectivity index (χ1n) is 14.3. The van der Waals surface area contributed by atoms with E-state index in [1.165, 1.54) is 6.92 Å². The number of halogens is 1. The van der Waals surface area contributed by atoms with E-state index in [0.717, 1.165) is 5.56 Å². The van der Waals surface area contributed by atoms with Crippen LogP contribution in [-0.4, -0.2) is 97.4 Å². The number of rotatable bonds is 10. The monoisotopic (exact) mass is 600 g/mol. The van der Waals surface area contributed by atoms with Gasteiger partial charge in [-0.3, -0.25) is 9.59 Å². The number of nitrogens with two attached hydrogens (primary N) is 1. The Morgan fingerprint density at radius 1 is 1.19 bits per heavy atom. The number of likely N-dealkylation sites (N-methyl/N-ethyl adjacent to an activating group) is 1. The minimum absolute atomic E-state index is 0.0547. The average Bonchev–Trinajstić information content (AvgIpc) is 2.98. The number of benzene rings is 1. The van der Waals surface area contributed by atoms with Crippen LogP contribution in [-0.2, 0) is 14.3 Å². The number of piperidine rings is 1. The molecule has 0 radical (unpaired) electrons. The first-order valence-corrected chi connectivity index (χ1v) is 14.7. The molecule has 0 saturated carbocycles. The summed E-state index contributed by atoms with van der Waals surface area (Å²) in [6.45, 7) is 9.18. The molecule has 42 heavy (non-hydrogen) atoms. The number of carbonyl (C=O) groups is 2. The molecule has 0 bridgehead atoms. The molecule has 2 aliphatic heterocycles. The molecule has 1 aromatic heterocycles. The molecule has 4 N–H and O–H groups in total. The Labute approximate surface area is 252 Å². The highest BCUT2D eigenvalue weighted by atomic mass is 35.5. The molecule has 0 aliphatic carbocycles. The number of hydrogen-bond donors (Lipinski definition) is 3. The van der Waals surface area contributed by atoms with E-state index in [0.29, 0.717) is 104 Å². The Bertz CT molecular complexity index is 1320. The Hall–Kier alpha value is -3.25. The van der Waals surface area contributed by atoms with Crippen LogP contribution in [0.5, 0.6) is 5.75 Å². The Morgan fingerprint density at radius 2 is 1.88 bits per heavy atom. The highest BCUT2D eigenvalue weighted by molar-refractivity contribution is 6.33. The Balaban J connectivity index is 1.68. The number of hydrogen-bond acceptors (Lipinski definition) is 10. The lowest BCUT2D eigenvalue weighted by molar-refractivity contribution is -0.140. The van der Waals surface area contributed by atoms with Crippen LogP contribution >= 0.6 is 11.6 Å². The van der Waals surface area contributed by atoms with E-state index in [-0.39, 0.29) is 24.2 Å². The zero-order valence-electron chi connectivity index (χ0n) is 24.8. The van der Waals surface area contributed by atoms with Gasteiger partial charge in [-0.15, -0.1) is 0 Å². The van der Waals surface area contributed by atoms with Crippen LogP contribution in [0.2, 0.25) is 5.02 Å². The van der Waals surface area contributed by atoms with Gasteiger partial charge in [-0.05, 0) is 58.9 Å². The summed E-state index contributed by atoms with van der Waals surface area (Å²) < 4.78 is 11.2. The summed E-state index contributed by atoms with van der Waals surface area (Å²) in [7, 11) is 1.75. The molecular formula is C30H41ClN6O5. The zero-order chi connectivity index (χ0) is 30.4. The lowest BCUT2D eigenvalue weighted by atomic mass is 9.94. The number of ether oxygens (including phenoxy) is 2. The molecule has 1 atom stereocenters. The Morgan fingerprint density at radius 3 is 2.50 bits per heavy atom. The molecule has 1 amide bonds. The van der Waals surface area contributed by atoms with E-state index in [9.17, 15) is 14.7 Å². The van der Waals surface area contributed by atoms with E-state index in [1.54, 1.807) is 32.2 Å². The van der Waals surface area contributed by atoms with Gasteiger partial charge in [-0.1, -0.05) is 11.6 Å². The molecule has 2 fully saturated rings. The fourth-order valence-electron chi connectivity index (χ4n) is 5.44. The average molecular weight is 601 g/mol. The lowest BCUT2D eigenvalue weighted by Gasteiger charge is -2.36. The van der Waals surface area contributed by atoms with Gasteiger partial charge < -0.3 is 35.4 Å². The second-order valence-electron chi connectivity index (χ2n) is 10.8. The number of allylic oxidation sites excluding steroid dienone is 2. The molecule has 0 unspecified atom stereocenters. The van der Waals surface area contributed by atoms with Crippen molar-refractivity contribution in [1.29, 1.82) is 0 Å². The van der Waals surface area contributed by atoms with Crippen LogP contribution in [0.4, 0.5) is 5.82 Å². The van der Waals surface area contributed by atoms with Gasteiger partial charge in [0.15, 0.2) is 11.6 Å². The number of nitrogens with one attached hydrogen (secondary N) is 1. The number of Topliss-reactive ketones (excluding diaryl/α,β-unsaturated/α-hetero) is 1. The van der Waals surface area contributed by atoms with Crippen molar-refractivity contribution in [3.8, 4) is 17.1 Å². The van der Waals surface area contributed by atoms with E-state index in [4.69, 9.17) is 36.8 Å². The third-order valence-electron chi connectivity index (χ3n) is 7.63. The maximum Gasteiger partial charge on any atom is 0.225 e. The number of morpholine rings is 1. The van der Waals surface area contributed by atoms with E-state index in [2.05, 4.69) is 10.2 Å². The molecule has 12 heteroatoms. The maximum absolute atomic E-state index is 13.1. The van der Waals surface area contributed by atoms with Crippen molar-refractivity contribution in [3.05, 3.63) is 40.2 Å². The smallest absolute Gasteiger partial charge is 0.225 e. The van der Waals surface area contributed by atoms with Gasteiger partial charge >= 0.3 is 0 Å². The van der Waals surface area contributed by atoms with Gasteiger partial charge in [-0.25, -0.2) is 9.97 Å². The topological polar surface area (TPSA) is 143 Å². The Kier molecular flexibility index (Phi) is 10.8. The van der Waals surface area contributed by atoms with Crippen LogP contribution in [0.1, 0.15) is 37.9 Å². The molecular weight excluding hydrogens is 560 g/mol. The van der Waals surface area contributed by atoms with Gasteiger partial charge in [0.1, 0.15) is 24.3 Å². The van der Waals surface area contributed by atoms with Crippen molar-refractivity contribution in [3.63, 3.8) is 0 Å². The van der Waals surface area contributed by atoms with Crippen molar-refractivity contribution in [2.75, 3.05) is 64.5 Å². The highest BCUT2D eigenvalue weighted by Gasteiger charge is 2.31. The van der Waals surface area contributed by atoms with Crippen molar-refractivity contribution in [2.45, 2.75) is 39.7 Å². The van der Waals surface area contributed by atoms with E-state index in [1.807, 2.05) is 11.8 Å². The highest BCUT2D eigenvalue weighted by Crippen LogP contribution is 2.35. The standard InChI is InChI=1S/C30H41ClN6O5/c1-18-27(26(19(2)32)20(3)38)34-28(24-15-23(5-6-25(24)31)42-17-22(39)16-33-4)35-29(18)36-9-7-21(8-10-36)30(40)37-11-13-41-14-12-37/h5-6,15,21-22,33,39H,7-14,16-17,32H2,1-4H3/t22-/m1/s1. The third-order valence-corrected chi connectivity index (χ3v) is 7.96. The summed E-state index contributed by atoms with van der Waals surface area (Å²) in [5.41, 5.74) is 8.57. The van der Waals surface area contributed by atoms with Gasteiger partial charge in [0.25, 0.3) is 0 Å². The molecule has 228 valence electrons. The van der Waals surface area contributed by atoms with Crippen molar-refractivity contribution >= 4 is 34.7 Å². The summed E-state index contributed by atoms with van der Waals surface area (Å²) in [6, 6.07) is 5.14. The molecule has 0 spiro atoms. The summed E-state index contributed by atoms with van der Waals surface area (Å²) in [5, 5.41) is 13.4. The number of nitrogens with zero attached hydrogens (tertiary/aromatic N) is 4. The second kappa shape index (κ2) is 14.3. The molecule has 2 saturated heterocycles. The van der Waals surface area contributed by atoms with Gasteiger partial charge in [0.05, 0.1) is 29.5 Å². The molecule has 4 rings (SSSR count). The quantitative estimate of drug-likeness (QED) is 0.348. The number of aliphatic hydroxyl groups excluding tert-OH is 1. The van der Waals surface area contributed by atoms with Crippen LogP contribution < -0.4 is 20.7 Å². The first-order chi connectivity index (χ1) is 20.1. The van der Waals surface area contributed by atoms with E-state index < -0.39 is 6.10 Å². The minimum Gasteiger partial charge on any atom is -0.491 e. The van der Waals surface area contributed by atoms with Crippen LogP contribution in [0.15, 0.2) is 23.9 Å². The van der Waals surface area contributed by atoms with Crippen molar-refractivity contribution in [2.24, 2.45) is 11.7 Å². The summed E-state index contributed by atoms with van der Waals surface area (Å²) >= 11 is 6.64. The number of aromatic nitrogens is 2. The number of anilines is 1. The zero-order valence-corrected chi connectivity index (χ0v) is 25.5. The predicted octanol–water partition coefficient (Wildman–Crippen LogP) is 2.42. The lowest BCUT2D eigenvalue weighted by Crippen LogP contribution is -2.47. The summed E-state index contributed by atoms with van der Waals surface area (Å²) in [6.07, 6.45) is 0.695. The normalized spacial score (nSPS) is 17.6. The number of ketones is 1. The van der Waals surface area contributed by atoms with Crippen LogP contribution in [0.3, 0.4) is 0 Å². The molecule has 2 aliphatic rings. The number of aliphatic hydroxyl groups is 1. The number of carbonyl (C=O) groups excluding carboxylic acids is 2. The molecule has 1 aromatic carbocycles. The fraction of sp³-hybridized carbons (Fsp3) is 0.533. The summed E-state index contributed by atoms with van der Waals surface area (Å²) in [4.78, 5) is 39.6. The van der Waals surface area contributed by atoms with Crippen LogP contribution in [0.25, 0.3) is 17.0 Å². The maximum atomic E-state index is 13.1. The third kappa shape index (κ3) is 7.38. The van der Waals surface area contributed by atoms with Gasteiger partial charge in [0.2, 0.25) is 5.91 Å². The second-order valence-corrected chi connectivity index (χ2v) is 11.2. The largest absolute Gasteiger partial charge is 0.491 e. The molecule has 2 aromatic rings. The predicted molar refractivity (Wildman–Crippen MR) is 162 cm³/mol. The first kappa shape index (κ1) is 31.7. The number of amides is 1. The van der Waals surface area contributed by atoms with Crippen LogP contribution in [0, 0.1) is 12.8 Å². The molecule has 11 nitrogen and oxygen atoms in total. The van der Waals surface area contributed by atoms with Crippen molar-refractivity contribution in [1.82, 2.24) is 20.2 Å². The summed E-state index contributed by atoms with van der Waals surface area (Å²) in [5.74, 6) is 1.41. The molecule has 3 heterocycles. The van der Waals surface area contributed by atoms with Gasteiger partial charge in [0, 0.05) is 55.5 Å². The van der Waals surface area contributed by atoms with E-state index >= 15 is 0 Å². The fourth-order valence-corrected chi connectivity index (χ4v) is 5.64. The van der Waals surface area contributed by atoms with Gasteiger partial charge in [-0.2, -0.15) is 0 Å². The SMILES string of the molecule is CNC[C@@H](O)COc1ccc(Cl)c(-c2nc(C(C(C)=O)=C(C)N)c(C)c(N3CCC(C(=O)N4CCOCC4)CC3)n2)c1.